The van der Waals surface area contributed by atoms with E-state index in [4.69, 9.17) is 9.47 Å². The molecule has 2 rings (SSSR count). The third kappa shape index (κ3) is 6.39. The van der Waals surface area contributed by atoms with Crippen LogP contribution in [0.5, 0.6) is 11.5 Å². The Kier molecular flexibility index (Phi) is 8.57. The van der Waals surface area contributed by atoms with Crippen LogP contribution in [-0.4, -0.2) is 34.7 Å². The summed E-state index contributed by atoms with van der Waals surface area (Å²) in [4.78, 5) is 12.3. The minimum absolute atomic E-state index is 0.0748. The molecule has 10 heteroatoms. The minimum atomic E-state index is -3.80. The van der Waals surface area contributed by atoms with Crippen molar-refractivity contribution in [1.29, 1.82) is 0 Å². The minimum Gasteiger partial charge on any atom is -0.493 e. The van der Waals surface area contributed by atoms with Crippen molar-refractivity contribution in [2.45, 2.75) is 52.2 Å². The van der Waals surface area contributed by atoms with E-state index in [1.165, 1.54) is 25.3 Å². The van der Waals surface area contributed by atoms with Gasteiger partial charge in [-0.2, -0.15) is 8.78 Å². The van der Waals surface area contributed by atoms with Crippen molar-refractivity contribution in [3.05, 3.63) is 52.1 Å². The average molecular weight is 472 g/mol. The molecular weight excluding hydrogens is 444 g/mol. The number of nitrogens with one attached hydrogen (secondary N) is 1. The summed E-state index contributed by atoms with van der Waals surface area (Å²) in [6, 6.07) is 6.10. The van der Waals surface area contributed by atoms with Gasteiger partial charge in [0.2, 0.25) is 10.0 Å². The Morgan fingerprint density at radius 3 is 2.22 bits per heavy atom. The molecule has 7 nitrogen and oxygen atoms in total. The summed E-state index contributed by atoms with van der Waals surface area (Å²) < 4.78 is 67.3. The van der Waals surface area contributed by atoms with Crippen LogP contribution in [0.4, 0.5) is 8.78 Å². The lowest BCUT2D eigenvalue weighted by Gasteiger charge is -2.16. The largest absolute Gasteiger partial charge is 0.493 e. The molecule has 0 heterocycles. The third-order valence-corrected chi connectivity index (χ3v) is 6.77. The predicted octanol–water partition coefficient (Wildman–Crippen LogP) is 3.94. The maximum absolute atomic E-state index is 12.8. The van der Waals surface area contributed by atoms with E-state index in [9.17, 15) is 22.0 Å². The molecule has 2 aromatic carbocycles. The second-order valence-electron chi connectivity index (χ2n) is 7.26. The van der Waals surface area contributed by atoms with Crippen LogP contribution in [0.2, 0.25) is 0 Å². The molecule has 0 bridgehead atoms. The second-order valence-corrected chi connectivity index (χ2v) is 8.97. The molecule has 0 fully saturated rings. The molecule has 176 valence electrons. The number of esters is 1. The Morgan fingerprint density at radius 2 is 1.66 bits per heavy atom. The van der Waals surface area contributed by atoms with Gasteiger partial charge in [-0.3, -0.25) is 4.79 Å². The van der Waals surface area contributed by atoms with Crippen LogP contribution in [-0.2, 0) is 26.2 Å². The summed E-state index contributed by atoms with van der Waals surface area (Å²) in [7, 11) is -2.50. The van der Waals surface area contributed by atoms with E-state index in [0.717, 1.165) is 11.1 Å². The van der Waals surface area contributed by atoms with Crippen LogP contribution in [0.25, 0.3) is 0 Å². The van der Waals surface area contributed by atoms with Crippen molar-refractivity contribution >= 4 is 16.0 Å². The van der Waals surface area contributed by atoms with Gasteiger partial charge in [0.1, 0.15) is 6.61 Å². The van der Waals surface area contributed by atoms with Gasteiger partial charge in [0.25, 0.3) is 0 Å². The first-order chi connectivity index (χ1) is 15.0. The zero-order valence-electron chi connectivity index (χ0n) is 18.6. The van der Waals surface area contributed by atoms with E-state index in [-0.39, 0.29) is 36.0 Å². The fourth-order valence-electron chi connectivity index (χ4n) is 3.17. The SMILES string of the molecule is COc1cc(COC(=O)CCNS(=O)(=O)c2c(C)c(C)cc(C)c2C)ccc1OC(F)F. The van der Waals surface area contributed by atoms with Gasteiger partial charge >= 0.3 is 12.6 Å². The Morgan fingerprint density at radius 1 is 1.03 bits per heavy atom. The van der Waals surface area contributed by atoms with Gasteiger partial charge in [-0.25, -0.2) is 13.1 Å². The zero-order chi connectivity index (χ0) is 24.1. The highest BCUT2D eigenvalue weighted by molar-refractivity contribution is 7.89. The number of carbonyl (C=O) groups excluding carboxylic acids is 1. The summed E-state index contributed by atoms with van der Waals surface area (Å²) in [5.41, 5.74) is 3.56. The maximum Gasteiger partial charge on any atom is 0.387 e. The van der Waals surface area contributed by atoms with Crippen LogP contribution in [0.1, 0.15) is 34.2 Å². The van der Waals surface area contributed by atoms with Gasteiger partial charge in [0.15, 0.2) is 11.5 Å². The molecule has 0 spiro atoms. The van der Waals surface area contributed by atoms with E-state index >= 15 is 0 Å². The number of hydrogen-bond donors (Lipinski definition) is 1. The summed E-state index contributed by atoms with van der Waals surface area (Å²) in [6.07, 6.45) is -0.175. The van der Waals surface area contributed by atoms with Crippen LogP contribution in [0, 0.1) is 27.7 Å². The molecule has 0 atom stereocenters. The van der Waals surface area contributed by atoms with Gasteiger partial charge in [-0.15, -0.1) is 0 Å². The summed E-state index contributed by atoms with van der Waals surface area (Å²) in [6.45, 7) is 3.93. The highest BCUT2D eigenvalue weighted by Gasteiger charge is 2.22. The number of rotatable bonds is 10. The number of sulfonamides is 1. The fraction of sp³-hybridized carbons (Fsp3) is 0.409. The monoisotopic (exact) mass is 471 g/mol. The molecule has 2 aromatic rings. The molecule has 0 unspecified atom stereocenters. The van der Waals surface area contributed by atoms with E-state index in [1.54, 1.807) is 13.8 Å². The molecule has 32 heavy (non-hydrogen) atoms. The quantitative estimate of drug-likeness (QED) is 0.528. The van der Waals surface area contributed by atoms with E-state index in [0.29, 0.717) is 16.7 Å². The average Bonchev–Trinajstić information content (AvgIpc) is 2.71. The van der Waals surface area contributed by atoms with Crippen LogP contribution >= 0.6 is 0 Å². The maximum atomic E-state index is 12.8. The lowest BCUT2D eigenvalue weighted by molar-refractivity contribution is -0.144. The van der Waals surface area contributed by atoms with E-state index in [1.807, 2.05) is 19.9 Å². The number of hydrogen-bond acceptors (Lipinski definition) is 6. The standard InChI is InChI=1S/C22H27F2NO6S/c1-13-10-14(2)16(4)21(15(13)3)32(27,28)25-9-8-20(26)30-12-17-6-7-18(31-22(23)24)19(11-17)29-5/h6-7,10-11,22,25H,8-9,12H2,1-5H3. The Bertz CT molecular complexity index is 1060. The molecule has 0 aliphatic rings. The first kappa shape index (κ1) is 25.5. The summed E-state index contributed by atoms with van der Waals surface area (Å²) in [5, 5.41) is 0. The van der Waals surface area contributed by atoms with Crippen molar-refractivity contribution in [3.8, 4) is 11.5 Å². The molecule has 0 aliphatic carbocycles. The zero-order valence-corrected chi connectivity index (χ0v) is 19.4. The van der Waals surface area contributed by atoms with Crippen LogP contribution in [0.15, 0.2) is 29.2 Å². The molecule has 0 aliphatic heterocycles. The Hall–Kier alpha value is -2.72. The predicted molar refractivity (Wildman–Crippen MR) is 115 cm³/mol. The molecule has 0 saturated carbocycles. The number of ether oxygens (including phenoxy) is 3. The highest BCUT2D eigenvalue weighted by Crippen LogP contribution is 2.30. The smallest absolute Gasteiger partial charge is 0.387 e. The van der Waals surface area contributed by atoms with Gasteiger partial charge in [0, 0.05) is 6.54 Å². The van der Waals surface area contributed by atoms with Crippen molar-refractivity contribution in [3.63, 3.8) is 0 Å². The van der Waals surface area contributed by atoms with Crippen molar-refractivity contribution in [2.24, 2.45) is 0 Å². The molecule has 0 aromatic heterocycles. The lowest BCUT2D eigenvalue weighted by atomic mass is 10.0. The highest BCUT2D eigenvalue weighted by atomic mass is 32.2. The number of benzene rings is 2. The van der Waals surface area contributed by atoms with Gasteiger partial charge in [-0.1, -0.05) is 12.1 Å². The number of aryl methyl sites for hydroxylation is 2. The number of carbonyl (C=O) groups is 1. The number of methoxy groups -OCH3 is 1. The number of halogens is 2. The van der Waals surface area contributed by atoms with Crippen molar-refractivity contribution < 1.29 is 36.2 Å². The third-order valence-electron chi connectivity index (χ3n) is 5.03. The Labute approximate surface area is 186 Å². The number of alkyl halides is 2. The Balaban J connectivity index is 1.94. The van der Waals surface area contributed by atoms with Crippen LogP contribution in [0.3, 0.4) is 0 Å². The van der Waals surface area contributed by atoms with Gasteiger partial charge in [0.05, 0.1) is 18.4 Å². The van der Waals surface area contributed by atoms with E-state index < -0.39 is 22.6 Å². The van der Waals surface area contributed by atoms with Gasteiger partial charge < -0.3 is 14.2 Å². The van der Waals surface area contributed by atoms with E-state index in [2.05, 4.69) is 9.46 Å². The molecule has 0 saturated heterocycles. The van der Waals surface area contributed by atoms with Gasteiger partial charge in [-0.05, 0) is 67.6 Å². The molecule has 1 N–H and O–H groups in total. The van der Waals surface area contributed by atoms with Crippen LogP contribution < -0.4 is 14.2 Å². The van der Waals surface area contributed by atoms with Crippen molar-refractivity contribution in [1.82, 2.24) is 4.72 Å². The topological polar surface area (TPSA) is 90.9 Å². The fourth-order valence-corrected chi connectivity index (χ4v) is 4.82. The van der Waals surface area contributed by atoms with Crippen molar-refractivity contribution in [2.75, 3.05) is 13.7 Å². The second kappa shape index (κ2) is 10.7. The first-order valence-corrected chi connectivity index (χ1v) is 11.3. The summed E-state index contributed by atoms with van der Waals surface area (Å²) in [5.74, 6) is -0.678. The first-order valence-electron chi connectivity index (χ1n) is 9.80. The molecular formula is C22H27F2NO6S. The molecule has 0 amide bonds. The summed E-state index contributed by atoms with van der Waals surface area (Å²) >= 11 is 0. The normalized spacial score (nSPS) is 11.5. The molecule has 0 radical (unpaired) electrons. The lowest BCUT2D eigenvalue weighted by Crippen LogP contribution is -2.28.